The fourth-order valence-corrected chi connectivity index (χ4v) is 5.11. The highest BCUT2D eigenvalue weighted by atomic mass is 32.2. The van der Waals surface area contributed by atoms with Crippen LogP contribution in [0.4, 0.5) is 0 Å². The van der Waals surface area contributed by atoms with Gasteiger partial charge in [0, 0.05) is 9.52 Å². The molecule has 0 radical (unpaired) electrons. The van der Waals surface area contributed by atoms with E-state index in [0.29, 0.717) is 9.52 Å². The molecule has 0 N–H and O–H groups in total. The van der Waals surface area contributed by atoms with Crippen LogP contribution in [0, 0.1) is 0 Å². The predicted octanol–water partition coefficient (Wildman–Crippen LogP) is 4.03. The van der Waals surface area contributed by atoms with Crippen LogP contribution in [0.2, 0.25) is 6.04 Å². The lowest BCUT2D eigenvalue weighted by atomic mass is 10.2. The maximum absolute atomic E-state index is 2.29. The summed E-state index contributed by atoms with van der Waals surface area (Å²) < 4.78 is 0. The zero-order valence-electron chi connectivity index (χ0n) is 10.2. The summed E-state index contributed by atoms with van der Waals surface area (Å²) in [6.07, 6.45) is 10.1. The van der Waals surface area contributed by atoms with Crippen LogP contribution in [0.15, 0.2) is 0 Å². The van der Waals surface area contributed by atoms with Crippen molar-refractivity contribution in [3.63, 3.8) is 0 Å². The van der Waals surface area contributed by atoms with Gasteiger partial charge in [0.15, 0.2) is 0 Å². The fourth-order valence-electron chi connectivity index (χ4n) is 1.54. The standard InChI is InChI=1S/C12H28SSi/c1-3-5-7-9-11-14-12-13-10-8-6-4-2/h3-12,14H2,1-2H3. The van der Waals surface area contributed by atoms with Gasteiger partial charge in [-0.25, -0.2) is 0 Å². The van der Waals surface area contributed by atoms with Crippen LogP contribution >= 0.6 is 11.8 Å². The SMILES string of the molecule is CCCCCC[SiH2]CSCCCCC. The van der Waals surface area contributed by atoms with Crippen LogP contribution in [-0.2, 0) is 0 Å². The molecule has 0 aromatic rings. The molecule has 0 aliphatic rings. The lowest BCUT2D eigenvalue weighted by molar-refractivity contribution is 0.700. The molecule has 0 amide bonds. The van der Waals surface area contributed by atoms with E-state index in [4.69, 9.17) is 0 Å². The highest BCUT2D eigenvalue weighted by Gasteiger charge is 1.92. The van der Waals surface area contributed by atoms with Gasteiger partial charge >= 0.3 is 0 Å². The Labute approximate surface area is 97.5 Å². The van der Waals surface area contributed by atoms with E-state index in [1.54, 1.807) is 6.04 Å². The second kappa shape index (κ2) is 13.6. The summed E-state index contributed by atoms with van der Waals surface area (Å²) in [6.45, 7) is 4.58. The minimum Gasteiger partial charge on any atom is -0.166 e. The Morgan fingerprint density at radius 3 is 2.29 bits per heavy atom. The molecule has 0 bridgehead atoms. The molecular formula is C12H28SSi. The summed E-state index contributed by atoms with van der Waals surface area (Å²) in [4.78, 5) is 0. The molecule has 0 aromatic carbocycles. The van der Waals surface area contributed by atoms with Crippen LogP contribution < -0.4 is 0 Å². The van der Waals surface area contributed by atoms with Crippen LogP contribution in [0.25, 0.3) is 0 Å². The minimum atomic E-state index is 0.312. The van der Waals surface area contributed by atoms with Crippen molar-refractivity contribution in [3.05, 3.63) is 0 Å². The zero-order valence-corrected chi connectivity index (χ0v) is 12.4. The first-order valence-electron chi connectivity index (χ1n) is 6.49. The van der Waals surface area contributed by atoms with Crippen LogP contribution in [-0.4, -0.2) is 20.6 Å². The van der Waals surface area contributed by atoms with Gasteiger partial charge in [-0.15, -0.1) is 0 Å². The first-order chi connectivity index (χ1) is 6.91. The van der Waals surface area contributed by atoms with Crippen molar-refractivity contribution in [2.24, 2.45) is 0 Å². The molecule has 0 rings (SSSR count). The predicted molar refractivity (Wildman–Crippen MR) is 74.3 cm³/mol. The number of unbranched alkanes of at least 4 members (excludes halogenated alkanes) is 5. The lowest BCUT2D eigenvalue weighted by Crippen LogP contribution is -1.95. The molecule has 14 heavy (non-hydrogen) atoms. The van der Waals surface area contributed by atoms with Crippen LogP contribution in [0.1, 0.15) is 58.8 Å². The largest absolute Gasteiger partial charge is 0.166 e. The first-order valence-corrected chi connectivity index (χ1v) is 9.65. The average Bonchev–Trinajstić information content (AvgIpc) is 2.21. The van der Waals surface area contributed by atoms with Crippen molar-refractivity contribution >= 4 is 21.3 Å². The normalized spacial score (nSPS) is 11.6. The highest BCUT2D eigenvalue weighted by molar-refractivity contribution is 8.00. The molecule has 0 aromatic heterocycles. The Hall–Kier alpha value is 0.567. The second-order valence-corrected chi connectivity index (χ2v) is 7.95. The molecule has 0 saturated heterocycles. The number of hydrogen-bond acceptors (Lipinski definition) is 1. The number of hydrogen-bond donors (Lipinski definition) is 0. The number of rotatable bonds is 11. The van der Waals surface area contributed by atoms with E-state index in [1.165, 1.54) is 56.1 Å². The fraction of sp³-hybridized carbons (Fsp3) is 1.00. The molecule has 0 nitrogen and oxygen atoms in total. The van der Waals surface area contributed by atoms with E-state index in [9.17, 15) is 0 Å². The summed E-state index contributed by atoms with van der Waals surface area (Å²) in [5.41, 5.74) is 0. The van der Waals surface area contributed by atoms with Crippen molar-refractivity contribution in [1.82, 2.24) is 0 Å². The third-order valence-electron chi connectivity index (χ3n) is 2.53. The Bertz CT molecular complexity index is 84.3. The molecule has 0 unspecified atom stereocenters. The molecule has 0 heterocycles. The van der Waals surface area contributed by atoms with E-state index < -0.39 is 0 Å². The maximum atomic E-state index is 2.29. The lowest BCUT2D eigenvalue weighted by Gasteiger charge is -2.00. The third kappa shape index (κ3) is 12.6. The van der Waals surface area contributed by atoms with Crippen molar-refractivity contribution in [2.75, 3.05) is 11.1 Å². The molecule has 2 heteroatoms. The monoisotopic (exact) mass is 232 g/mol. The van der Waals surface area contributed by atoms with E-state index in [1.807, 2.05) is 0 Å². The Balaban J connectivity index is 2.78. The second-order valence-electron chi connectivity index (χ2n) is 4.09. The van der Waals surface area contributed by atoms with Gasteiger partial charge in [0.2, 0.25) is 0 Å². The summed E-state index contributed by atoms with van der Waals surface area (Å²) >= 11 is 2.22. The molecule has 0 atom stereocenters. The summed E-state index contributed by atoms with van der Waals surface area (Å²) in [5.74, 6) is 1.43. The van der Waals surface area contributed by atoms with Gasteiger partial charge in [-0.05, 0) is 17.5 Å². The van der Waals surface area contributed by atoms with Crippen LogP contribution in [0.3, 0.4) is 0 Å². The van der Waals surface area contributed by atoms with E-state index in [-0.39, 0.29) is 0 Å². The first kappa shape index (κ1) is 14.6. The van der Waals surface area contributed by atoms with Crippen molar-refractivity contribution in [1.29, 1.82) is 0 Å². The van der Waals surface area contributed by atoms with E-state index in [2.05, 4.69) is 25.6 Å². The topological polar surface area (TPSA) is 0 Å². The summed E-state index contributed by atoms with van der Waals surface area (Å²) in [6, 6.07) is 1.60. The van der Waals surface area contributed by atoms with E-state index in [0.717, 1.165) is 0 Å². The van der Waals surface area contributed by atoms with Gasteiger partial charge in [-0.2, -0.15) is 11.8 Å². The zero-order chi connectivity index (χ0) is 10.5. The van der Waals surface area contributed by atoms with Crippen molar-refractivity contribution in [2.45, 2.75) is 64.8 Å². The van der Waals surface area contributed by atoms with Gasteiger partial charge in [-0.3, -0.25) is 0 Å². The van der Waals surface area contributed by atoms with Gasteiger partial charge in [0.25, 0.3) is 0 Å². The third-order valence-corrected chi connectivity index (χ3v) is 6.42. The molecule has 0 spiro atoms. The van der Waals surface area contributed by atoms with Gasteiger partial charge in [0.1, 0.15) is 0 Å². The van der Waals surface area contributed by atoms with Gasteiger partial charge < -0.3 is 0 Å². The van der Waals surface area contributed by atoms with Crippen molar-refractivity contribution in [3.8, 4) is 0 Å². The Kier molecular flexibility index (Phi) is 14.1. The molecule has 0 aliphatic heterocycles. The summed E-state index contributed by atoms with van der Waals surface area (Å²) in [5, 5.41) is 1.54. The molecule has 0 fully saturated rings. The van der Waals surface area contributed by atoms with Gasteiger partial charge in [0.05, 0.1) is 0 Å². The highest BCUT2D eigenvalue weighted by Crippen LogP contribution is 2.07. The average molecular weight is 233 g/mol. The molecule has 0 saturated carbocycles. The Morgan fingerprint density at radius 2 is 1.57 bits per heavy atom. The van der Waals surface area contributed by atoms with Crippen LogP contribution in [0.5, 0.6) is 0 Å². The van der Waals surface area contributed by atoms with Gasteiger partial charge in [-0.1, -0.05) is 58.4 Å². The quantitative estimate of drug-likeness (QED) is 0.383. The molecular weight excluding hydrogens is 204 g/mol. The maximum Gasteiger partial charge on any atom is 0.0317 e. The molecule has 86 valence electrons. The van der Waals surface area contributed by atoms with E-state index >= 15 is 0 Å². The Morgan fingerprint density at radius 1 is 0.857 bits per heavy atom. The minimum absolute atomic E-state index is 0.312. The van der Waals surface area contributed by atoms with Crippen molar-refractivity contribution < 1.29 is 0 Å². The molecule has 0 aliphatic carbocycles. The smallest absolute Gasteiger partial charge is 0.0317 e. The summed E-state index contributed by atoms with van der Waals surface area (Å²) in [7, 11) is 0.312. The number of thioether (sulfide) groups is 1.